The van der Waals surface area contributed by atoms with Gasteiger partial charge in [-0.1, -0.05) is 17.7 Å². The predicted molar refractivity (Wildman–Crippen MR) is 78.2 cm³/mol. The summed E-state index contributed by atoms with van der Waals surface area (Å²) in [7, 11) is -3.62. The summed E-state index contributed by atoms with van der Waals surface area (Å²) in [5.74, 6) is 0. The molecule has 0 aliphatic rings. The lowest BCUT2D eigenvalue weighted by Gasteiger charge is -2.37. The van der Waals surface area contributed by atoms with Crippen molar-refractivity contribution in [2.45, 2.75) is 63.7 Å². The number of aryl methyl sites for hydroxylation is 3. The molecule has 0 aliphatic heterocycles. The summed E-state index contributed by atoms with van der Waals surface area (Å²) in [5, 5.41) is 10.2. The SMILES string of the molecule is Cc1cc(C)c(S(=O)(=O)C(C)(C)C(C)(C)O)c(C)c1. The topological polar surface area (TPSA) is 54.4 Å². The molecule has 0 saturated heterocycles. The highest BCUT2D eigenvalue weighted by atomic mass is 32.2. The van der Waals surface area contributed by atoms with E-state index in [1.807, 2.05) is 19.1 Å². The summed E-state index contributed by atoms with van der Waals surface area (Å²) in [5.41, 5.74) is 1.18. The van der Waals surface area contributed by atoms with Gasteiger partial charge in [0, 0.05) is 0 Å². The Morgan fingerprint density at radius 2 is 1.32 bits per heavy atom. The van der Waals surface area contributed by atoms with Gasteiger partial charge in [0.2, 0.25) is 0 Å². The van der Waals surface area contributed by atoms with Gasteiger partial charge in [-0.05, 0) is 59.6 Å². The zero-order valence-corrected chi connectivity index (χ0v) is 13.6. The maximum absolute atomic E-state index is 12.9. The van der Waals surface area contributed by atoms with Crippen LogP contribution in [0.3, 0.4) is 0 Å². The van der Waals surface area contributed by atoms with Crippen LogP contribution in [0.5, 0.6) is 0 Å². The molecular weight excluding hydrogens is 260 g/mol. The van der Waals surface area contributed by atoms with Crippen LogP contribution < -0.4 is 0 Å². The normalized spacial score (nSPS) is 13.7. The van der Waals surface area contributed by atoms with E-state index in [9.17, 15) is 13.5 Å². The Labute approximate surface area is 116 Å². The second-order valence-corrected chi connectivity index (χ2v) is 8.74. The van der Waals surface area contributed by atoms with E-state index in [1.54, 1.807) is 27.7 Å². The van der Waals surface area contributed by atoms with E-state index in [-0.39, 0.29) is 0 Å². The Bertz CT molecular complexity index is 567. The molecule has 4 heteroatoms. The standard InChI is InChI=1S/C15H24O3S/c1-10-8-11(2)13(12(3)9-10)19(17,18)15(6,7)14(4,5)16/h8-9,16H,1-7H3. The fourth-order valence-corrected chi connectivity index (χ4v) is 4.31. The molecule has 0 atom stereocenters. The minimum absolute atomic E-state index is 0.338. The van der Waals surface area contributed by atoms with Gasteiger partial charge in [0.1, 0.15) is 0 Å². The fourth-order valence-electron chi connectivity index (χ4n) is 2.17. The molecule has 0 aliphatic carbocycles. The van der Waals surface area contributed by atoms with Gasteiger partial charge >= 0.3 is 0 Å². The van der Waals surface area contributed by atoms with E-state index in [0.29, 0.717) is 4.90 Å². The molecule has 1 rings (SSSR count). The Hall–Kier alpha value is -0.870. The van der Waals surface area contributed by atoms with Crippen LogP contribution in [0.25, 0.3) is 0 Å². The maximum Gasteiger partial charge on any atom is 0.186 e. The fraction of sp³-hybridized carbons (Fsp3) is 0.600. The number of benzene rings is 1. The molecule has 0 aromatic heterocycles. The number of rotatable bonds is 3. The van der Waals surface area contributed by atoms with Crippen molar-refractivity contribution in [2.24, 2.45) is 0 Å². The molecule has 0 bridgehead atoms. The Morgan fingerprint density at radius 3 is 1.63 bits per heavy atom. The van der Waals surface area contributed by atoms with Gasteiger partial charge in [0.25, 0.3) is 0 Å². The van der Waals surface area contributed by atoms with Crippen molar-refractivity contribution in [2.75, 3.05) is 0 Å². The lowest BCUT2D eigenvalue weighted by molar-refractivity contribution is 0.0453. The third-order valence-corrected chi connectivity index (χ3v) is 7.04. The third kappa shape index (κ3) is 2.56. The van der Waals surface area contributed by atoms with Crippen molar-refractivity contribution in [1.82, 2.24) is 0 Å². The molecule has 1 aromatic carbocycles. The number of sulfone groups is 1. The highest BCUT2D eigenvalue weighted by molar-refractivity contribution is 7.93. The van der Waals surface area contributed by atoms with E-state index >= 15 is 0 Å². The predicted octanol–water partition coefficient (Wildman–Crippen LogP) is 2.94. The van der Waals surface area contributed by atoms with Gasteiger partial charge in [-0.2, -0.15) is 0 Å². The first kappa shape index (κ1) is 16.2. The lowest BCUT2D eigenvalue weighted by atomic mass is 9.94. The first-order valence-corrected chi connectivity index (χ1v) is 7.85. The van der Waals surface area contributed by atoms with E-state index in [4.69, 9.17) is 0 Å². The Kier molecular flexibility index (Phi) is 3.92. The lowest BCUT2D eigenvalue weighted by Crippen LogP contribution is -2.51. The van der Waals surface area contributed by atoms with Crippen molar-refractivity contribution in [1.29, 1.82) is 0 Å². The quantitative estimate of drug-likeness (QED) is 0.928. The molecule has 0 fully saturated rings. The highest BCUT2D eigenvalue weighted by Gasteiger charge is 2.48. The van der Waals surface area contributed by atoms with Crippen LogP contribution in [0.2, 0.25) is 0 Å². The number of hydrogen-bond donors (Lipinski definition) is 1. The van der Waals surface area contributed by atoms with Crippen LogP contribution >= 0.6 is 0 Å². The van der Waals surface area contributed by atoms with E-state index in [0.717, 1.165) is 16.7 Å². The van der Waals surface area contributed by atoms with Crippen LogP contribution in [-0.4, -0.2) is 23.9 Å². The third-order valence-electron chi connectivity index (χ3n) is 4.02. The minimum atomic E-state index is -3.62. The molecule has 0 unspecified atom stereocenters. The van der Waals surface area contributed by atoms with Crippen molar-refractivity contribution in [3.05, 3.63) is 28.8 Å². The second-order valence-electron chi connectivity index (χ2n) is 6.30. The summed E-state index contributed by atoms with van der Waals surface area (Å²) >= 11 is 0. The smallest absolute Gasteiger partial charge is 0.186 e. The minimum Gasteiger partial charge on any atom is -0.389 e. The van der Waals surface area contributed by atoms with Crippen molar-refractivity contribution < 1.29 is 13.5 Å². The number of aliphatic hydroxyl groups is 1. The average Bonchev–Trinajstić information content (AvgIpc) is 2.12. The molecule has 0 amide bonds. The zero-order chi connectivity index (χ0) is 15.2. The summed E-state index contributed by atoms with van der Waals surface area (Å²) in [4.78, 5) is 0.338. The van der Waals surface area contributed by atoms with Crippen LogP contribution in [0.4, 0.5) is 0 Å². The van der Waals surface area contributed by atoms with Gasteiger partial charge in [0.15, 0.2) is 9.84 Å². The summed E-state index contributed by atoms with van der Waals surface area (Å²) in [6, 6.07) is 3.72. The molecule has 108 valence electrons. The highest BCUT2D eigenvalue weighted by Crippen LogP contribution is 2.37. The van der Waals surface area contributed by atoms with Crippen LogP contribution in [0.15, 0.2) is 17.0 Å². The van der Waals surface area contributed by atoms with Crippen LogP contribution in [-0.2, 0) is 9.84 Å². The van der Waals surface area contributed by atoms with Crippen LogP contribution in [0, 0.1) is 20.8 Å². The van der Waals surface area contributed by atoms with E-state index in [2.05, 4.69) is 0 Å². The monoisotopic (exact) mass is 284 g/mol. The summed E-state index contributed by atoms with van der Waals surface area (Å²) in [6.45, 7) is 11.7. The summed E-state index contributed by atoms with van der Waals surface area (Å²) < 4.78 is 24.5. The van der Waals surface area contributed by atoms with Crippen molar-refractivity contribution in [3.8, 4) is 0 Å². The molecule has 19 heavy (non-hydrogen) atoms. The van der Waals surface area contributed by atoms with Gasteiger partial charge in [-0.25, -0.2) is 8.42 Å². The molecule has 0 saturated carbocycles. The largest absolute Gasteiger partial charge is 0.389 e. The summed E-state index contributed by atoms with van der Waals surface area (Å²) in [6.07, 6.45) is 0. The van der Waals surface area contributed by atoms with E-state index in [1.165, 1.54) is 13.8 Å². The maximum atomic E-state index is 12.9. The van der Waals surface area contributed by atoms with Crippen molar-refractivity contribution >= 4 is 9.84 Å². The van der Waals surface area contributed by atoms with Gasteiger partial charge in [0.05, 0.1) is 15.2 Å². The van der Waals surface area contributed by atoms with Crippen LogP contribution in [0.1, 0.15) is 44.4 Å². The first-order valence-electron chi connectivity index (χ1n) is 6.37. The van der Waals surface area contributed by atoms with Gasteiger partial charge < -0.3 is 5.11 Å². The molecule has 0 heterocycles. The number of hydrogen-bond acceptors (Lipinski definition) is 3. The molecule has 0 radical (unpaired) electrons. The molecule has 3 nitrogen and oxygen atoms in total. The second kappa shape index (κ2) is 4.60. The zero-order valence-electron chi connectivity index (χ0n) is 12.8. The average molecular weight is 284 g/mol. The van der Waals surface area contributed by atoms with Gasteiger partial charge in [-0.3, -0.25) is 0 Å². The van der Waals surface area contributed by atoms with Crippen molar-refractivity contribution in [3.63, 3.8) is 0 Å². The first-order chi connectivity index (χ1) is 8.32. The Morgan fingerprint density at radius 1 is 0.947 bits per heavy atom. The molecule has 0 spiro atoms. The molecule has 1 N–H and O–H groups in total. The van der Waals surface area contributed by atoms with E-state index < -0.39 is 20.2 Å². The Balaban J connectivity index is 3.63. The molecule has 1 aromatic rings. The molecular formula is C15H24O3S. The van der Waals surface area contributed by atoms with Gasteiger partial charge in [-0.15, -0.1) is 0 Å².